The van der Waals surface area contributed by atoms with Gasteiger partial charge in [0.15, 0.2) is 6.29 Å². The van der Waals surface area contributed by atoms with E-state index in [-0.39, 0.29) is 28.0 Å². The van der Waals surface area contributed by atoms with Gasteiger partial charge in [-0.3, -0.25) is 4.79 Å². The Hall–Kier alpha value is -1.13. The molecule has 0 aromatic carbocycles. The van der Waals surface area contributed by atoms with Gasteiger partial charge in [-0.05, 0) is 13.0 Å². The van der Waals surface area contributed by atoms with Gasteiger partial charge in [0.2, 0.25) is 0 Å². The summed E-state index contributed by atoms with van der Waals surface area (Å²) < 4.78 is 4.73. The van der Waals surface area contributed by atoms with Crippen LogP contribution in [0.3, 0.4) is 0 Å². The third kappa shape index (κ3) is 2.67. The fraction of sp³-hybridized carbons (Fsp3) is 0.222. The Kier molecular flexibility index (Phi) is 4.05. The van der Waals surface area contributed by atoms with Crippen molar-refractivity contribution >= 4 is 35.5 Å². The van der Waals surface area contributed by atoms with E-state index in [1.165, 1.54) is 6.07 Å². The average molecular weight is 248 g/mol. The maximum absolute atomic E-state index is 11.4. The predicted molar refractivity (Wildman–Crippen MR) is 55.6 cm³/mol. The van der Waals surface area contributed by atoms with Crippen LogP contribution in [-0.2, 0) is 4.74 Å². The zero-order valence-electron chi connectivity index (χ0n) is 7.79. The molecule has 0 unspecified atom stereocenters. The largest absolute Gasteiger partial charge is 0.462 e. The summed E-state index contributed by atoms with van der Waals surface area (Å²) in [5.74, 6) is -0.686. The maximum atomic E-state index is 11.4. The number of rotatable bonds is 3. The molecule has 1 heterocycles. The molecule has 0 saturated carbocycles. The van der Waals surface area contributed by atoms with Crippen molar-refractivity contribution in [1.82, 2.24) is 4.98 Å². The molecule has 6 heteroatoms. The summed E-state index contributed by atoms with van der Waals surface area (Å²) in [6, 6.07) is 1.28. The summed E-state index contributed by atoms with van der Waals surface area (Å²) in [4.78, 5) is 25.7. The van der Waals surface area contributed by atoms with Crippen molar-refractivity contribution in [3.05, 3.63) is 27.5 Å². The first-order chi connectivity index (χ1) is 7.10. The van der Waals surface area contributed by atoms with Crippen LogP contribution in [0.1, 0.15) is 27.8 Å². The maximum Gasteiger partial charge on any atom is 0.341 e. The van der Waals surface area contributed by atoms with Crippen LogP contribution in [0.15, 0.2) is 6.07 Å². The van der Waals surface area contributed by atoms with Crippen LogP contribution < -0.4 is 0 Å². The molecule has 4 nitrogen and oxygen atoms in total. The third-order valence-electron chi connectivity index (χ3n) is 1.56. The number of aldehydes is 1. The molecular formula is C9H7Cl2NO3. The highest BCUT2D eigenvalue weighted by Crippen LogP contribution is 2.22. The Labute approximate surface area is 96.2 Å². The van der Waals surface area contributed by atoms with Gasteiger partial charge in [-0.2, -0.15) is 0 Å². The van der Waals surface area contributed by atoms with Gasteiger partial charge in [-0.1, -0.05) is 23.2 Å². The molecule has 0 amide bonds. The Morgan fingerprint density at radius 1 is 1.60 bits per heavy atom. The van der Waals surface area contributed by atoms with E-state index in [9.17, 15) is 9.59 Å². The number of hydrogen-bond donors (Lipinski definition) is 0. The number of carbonyl (C=O) groups is 2. The summed E-state index contributed by atoms with van der Waals surface area (Å²) in [7, 11) is 0. The van der Waals surface area contributed by atoms with Crippen LogP contribution in [-0.4, -0.2) is 23.8 Å². The number of halogens is 2. The number of hydrogen-bond acceptors (Lipinski definition) is 4. The molecular weight excluding hydrogens is 241 g/mol. The first kappa shape index (κ1) is 11.9. The number of pyridine rings is 1. The van der Waals surface area contributed by atoms with Crippen molar-refractivity contribution in [1.29, 1.82) is 0 Å². The van der Waals surface area contributed by atoms with E-state index >= 15 is 0 Å². The van der Waals surface area contributed by atoms with E-state index in [0.717, 1.165) is 0 Å². The van der Waals surface area contributed by atoms with Gasteiger partial charge < -0.3 is 4.74 Å². The summed E-state index contributed by atoms with van der Waals surface area (Å²) in [6.45, 7) is 1.84. The van der Waals surface area contributed by atoms with Crippen LogP contribution in [0.25, 0.3) is 0 Å². The summed E-state index contributed by atoms with van der Waals surface area (Å²) in [5, 5.41) is 0.102. The molecule has 0 aliphatic rings. The SMILES string of the molecule is CCOC(=O)c1c(Cl)cc(Cl)nc1C=O. The minimum absolute atomic E-state index is 0.0511. The lowest BCUT2D eigenvalue weighted by Crippen LogP contribution is -2.10. The van der Waals surface area contributed by atoms with Crippen molar-refractivity contribution in [2.45, 2.75) is 6.92 Å². The Morgan fingerprint density at radius 3 is 2.80 bits per heavy atom. The van der Waals surface area contributed by atoms with Gasteiger partial charge in [-0.15, -0.1) is 0 Å². The molecule has 80 valence electrons. The minimum atomic E-state index is -0.686. The first-order valence-corrected chi connectivity index (χ1v) is 4.84. The highest BCUT2D eigenvalue weighted by molar-refractivity contribution is 6.36. The van der Waals surface area contributed by atoms with E-state index in [1.54, 1.807) is 6.92 Å². The second-order valence-electron chi connectivity index (χ2n) is 2.53. The van der Waals surface area contributed by atoms with Crippen molar-refractivity contribution in [2.24, 2.45) is 0 Å². The quantitative estimate of drug-likeness (QED) is 0.468. The molecule has 0 atom stereocenters. The van der Waals surface area contributed by atoms with Crippen LogP contribution in [0.2, 0.25) is 10.2 Å². The average Bonchev–Trinajstić information content (AvgIpc) is 2.16. The zero-order valence-corrected chi connectivity index (χ0v) is 9.30. The lowest BCUT2D eigenvalue weighted by atomic mass is 10.2. The smallest absolute Gasteiger partial charge is 0.341 e. The number of nitrogens with zero attached hydrogens (tertiary/aromatic N) is 1. The Balaban J connectivity index is 3.26. The topological polar surface area (TPSA) is 56.3 Å². The van der Waals surface area contributed by atoms with Gasteiger partial charge in [0, 0.05) is 0 Å². The highest BCUT2D eigenvalue weighted by atomic mass is 35.5. The van der Waals surface area contributed by atoms with Crippen LogP contribution >= 0.6 is 23.2 Å². The molecule has 0 saturated heterocycles. The summed E-state index contributed by atoms with van der Waals surface area (Å²) in [6.07, 6.45) is 0.407. The normalized spacial score (nSPS) is 9.80. The summed E-state index contributed by atoms with van der Waals surface area (Å²) in [5.41, 5.74) is -0.177. The number of carbonyl (C=O) groups excluding carboxylic acids is 2. The van der Waals surface area contributed by atoms with Crippen LogP contribution in [0, 0.1) is 0 Å². The lowest BCUT2D eigenvalue weighted by Gasteiger charge is -2.06. The summed E-state index contributed by atoms with van der Waals surface area (Å²) >= 11 is 11.3. The second-order valence-corrected chi connectivity index (χ2v) is 3.32. The second kappa shape index (κ2) is 5.09. The monoisotopic (exact) mass is 247 g/mol. The standard InChI is InChI=1S/C9H7Cl2NO3/c1-2-15-9(14)8-5(10)3-7(11)12-6(8)4-13/h3-4H,2H2,1H3. The molecule has 0 fully saturated rings. The molecule has 0 spiro atoms. The van der Waals surface area contributed by atoms with Crippen molar-refractivity contribution in [3.8, 4) is 0 Å². The van der Waals surface area contributed by atoms with Crippen LogP contribution in [0.5, 0.6) is 0 Å². The predicted octanol–water partition coefficient (Wildman–Crippen LogP) is 2.38. The third-order valence-corrected chi connectivity index (χ3v) is 2.05. The van der Waals surface area contributed by atoms with Crippen molar-refractivity contribution < 1.29 is 14.3 Å². The molecule has 1 aromatic heterocycles. The van der Waals surface area contributed by atoms with Crippen LogP contribution in [0.4, 0.5) is 0 Å². The van der Waals surface area contributed by atoms with Gasteiger partial charge >= 0.3 is 5.97 Å². The Morgan fingerprint density at radius 2 is 2.27 bits per heavy atom. The molecule has 0 aliphatic heterocycles. The van der Waals surface area contributed by atoms with Crippen molar-refractivity contribution in [3.63, 3.8) is 0 Å². The zero-order chi connectivity index (χ0) is 11.4. The lowest BCUT2D eigenvalue weighted by molar-refractivity contribution is 0.0524. The molecule has 0 N–H and O–H groups in total. The van der Waals surface area contributed by atoms with E-state index in [1.807, 2.05) is 0 Å². The minimum Gasteiger partial charge on any atom is -0.462 e. The van der Waals surface area contributed by atoms with Gasteiger partial charge in [0.05, 0.1) is 11.6 Å². The van der Waals surface area contributed by atoms with Gasteiger partial charge in [0.25, 0.3) is 0 Å². The molecule has 1 rings (SSSR count). The number of esters is 1. The van der Waals surface area contributed by atoms with E-state index in [4.69, 9.17) is 27.9 Å². The van der Waals surface area contributed by atoms with Gasteiger partial charge in [0.1, 0.15) is 16.4 Å². The highest BCUT2D eigenvalue weighted by Gasteiger charge is 2.18. The molecule has 0 bridgehead atoms. The van der Waals surface area contributed by atoms with E-state index < -0.39 is 5.97 Å². The van der Waals surface area contributed by atoms with Gasteiger partial charge in [-0.25, -0.2) is 9.78 Å². The molecule has 15 heavy (non-hydrogen) atoms. The molecule has 0 radical (unpaired) electrons. The fourth-order valence-corrected chi connectivity index (χ4v) is 1.53. The fourth-order valence-electron chi connectivity index (χ4n) is 0.993. The first-order valence-electron chi connectivity index (χ1n) is 4.08. The van der Waals surface area contributed by atoms with E-state index in [0.29, 0.717) is 6.29 Å². The molecule has 1 aromatic rings. The number of aromatic nitrogens is 1. The Bertz CT molecular complexity index is 407. The van der Waals surface area contributed by atoms with Crippen molar-refractivity contribution in [2.75, 3.05) is 6.61 Å². The number of ether oxygens (including phenoxy) is 1. The van der Waals surface area contributed by atoms with E-state index in [2.05, 4.69) is 4.98 Å². The molecule has 0 aliphatic carbocycles.